The van der Waals surface area contributed by atoms with E-state index in [0.29, 0.717) is 18.7 Å². The minimum Gasteiger partial charge on any atom is -0.330 e. The topological polar surface area (TPSA) is 46.3 Å². The molecule has 17 heavy (non-hydrogen) atoms. The first-order valence-corrected chi connectivity index (χ1v) is 6.29. The quantitative estimate of drug-likeness (QED) is 0.794. The Balaban J connectivity index is 2.62. The van der Waals surface area contributed by atoms with E-state index in [2.05, 4.69) is 6.92 Å². The van der Waals surface area contributed by atoms with Crippen molar-refractivity contribution in [2.24, 2.45) is 5.73 Å². The molecule has 0 heterocycles. The fourth-order valence-electron chi connectivity index (χ4n) is 1.52. The van der Waals surface area contributed by atoms with Crippen LogP contribution in [-0.4, -0.2) is 23.4 Å². The largest absolute Gasteiger partial charge is 0.330 e. The van der Waals surface area contributed by atoms with Gasteiger partial charge in [-0.1, -0.05) is 25.5 Å². The van der Waals surface area contributed by atoms with Crippen molar-refractivity contribution in [2.45, 2.75) is 26.2 Å². The third-order valence-corrected chi connectivity index (χ3v) is 2.88. The fourth-order valence-corrected chi connectivity index (χ4v) is 1.74. The average molecular weight is 255 g/mol. The molecule has 0 atom stereocenters. The van der Waals surface area contributed by atoms with Gasteiger partial charge in [0.2, 0.25) is 0 Å². The summed E-state index contributed by atoms with van der Waals surface area (Å²) in [4.78, 5) is 11.9. The van der Waals surface area contributed by atoms with Gasteiger partial charge in [-0.25, -0.2) is 0 Å². The zero-order valence-electron chi connectivity index (χ0n) is 10.2. The molecule has 0 fully saturated rings. The van der Waals surface area contributed by atoms with Crippen LogP contribution in [0, 0.1) is 0 Å². The number of amides is 1. The van der Waals surface area contributed by atoms with Crippen molar-refractivity contribution in [1.29, 1.82) is 0 Å². The van der Waals surface area contributed by atoms with E-state index in [1.165, 1.54) is 4.42 Å². The summed E-state index contributed by atoms with van der Waals surface area (Å²) in [6.07, 6.45) is 2.77. The third kappa shape index (κ3) is 4.36. The minimum atomic E-state index is -0.139. The number of carbonyl (C=O) groups is 1. The van der Waals surface area contributed by atoms with Crippen LogP contribution < -0.4 is 5.73 Å². The lowest BCUT2D eigenvalue weighted by Gasteiger charge is -2.13. The van der Waals surface area contributed by atoms with Crippen molar-refractivity contribution in [2.75, 3.05) is 13.1 Å². The van der Waals surface area contributed by atoms with Crippen LogP contribution in [0.5, 0.6) is 0 Å². The molecule has 4 heteroatoms. The Morgan fingerprint density at radius 1 is 1.35 bits per heavy atom. The van der Waals surface area contributed by atoms with Crippen molar-refractivity contribution in [1.82, 2.24) is 4.42 Å². The third-order valence-electron chi connectivity index (χ3n) is 2.56. The van der Waals surface area contributed by atoms with Gasteiger partial charge >= 0.3 is 0 Å². The summed E-state index contributed by atoms with van der Waals surface area (Å²) in [5.41, 5.74) is 7.23. The van der Waals surface area contributed by atoms with Gasteiger partial charge in [-0.3, -0.25) is 9.21 Å². The van der Waals surface area contributed by atoms with Crippen LogP contribution in [0.25, 0.3) is 0 Å². The predicted octanol–water partition coefficient (Wildman–Crippen LogP) is 2.58. The second-order valence-electron chi connectivity index (χ2n) is 3.98. The van der Waals surface area contributed by atoms with Gasteiger partial charge in [0.1, 0.15) is 0 Å². The van der Waals surface area contributed by atoms with E-state index in [0.717, 1.165) is 24.8 Å². The molecule has 1 aromatic carbocycles. The zero-order chi connectivity index (χ0) is 12.7. The lowest BCUT2D eigenvalue weighted by atomic mass is 10.1. The maximum atomic E-state index is 11.9. The molecule has 0 aromatic heterocycles. The van der Waals surface area contributed by atoms with Crippen molar-refractivity contribution in [3.05, 3.63) is 35.4 Å². The van der Waals surface area contributed by atoms with Gasteiger partial charge in [0, 0.05) is 23.9 Å². The SMILES string of the molecule is CCCCN(Cl)C(=O)c1ccc(CCN)cc1. The molecule has 2 N–H and O–H groups in total. The molecule has 0 unspecified atom stereocenters. The average Bonchev–Trinajstić information content (AvgIpc) is 2.36. The molecule has 1 rings (SSSR count). The van der Waals surface area contributed by atoms with Gasteiger partial charge in [-0.15, -0.1) is 0 Å². The number of hydrogen-bond acceptors (Lipinski definition) is 2. The van der Waals surface area contributed by atoms with Crippen LogP contribution in [0.4, 0.5) is 0 Å². The first-order chi connectivity index (χ1) is 8.19. The molecule has 0 radical (unpaired) electrons. The molecule has 0 bridgehead atoms. The summed E-state index contributed by atoms with van der Waals surface area (Å²) in [6.45, 7) is 3.27. The minimum absolute atomic E-state index is 0.139. The van der Waals surface area contributed by atoms with Gasteiger partial charge in [0.05, 0.1) is 0 Å². The lowest BCUT2D eigenvalue weighted by Crippen LogP contribution is -2.22. The number of halogens is 1. The highest BCUT2D eigenvalue weighted by atomic mass is 35.5. The Bertz CT molecular complexity index is 351. The number of carbonyl (C=O) groups excluding carboxylic acids is 1. The Hall–Kier alpha value is -1.06. The maximum Gasteiger partial charge on any atom is 0.268 e. The van der Waals surface area contributed by atoms with Gasteiger partial charge in [-0.05, 0) is 37.1 Å². The van der Waals surface area contributed by atoms with Crippen LogP contribution in [0.2, 0.25) is 0 Å². The van der Waals surface area contributed by atoms with Gasteiger partial charge < -0.3 is 5.73 Å². The van der Waals surface area contributed by atoms with E-state index < -0.39 is 0 Å². The summed E-state index contributed by atoms with van der Waals surface area (Å²) in [6, 6.07) is 7.44. The molecule has 3 nitrogen and oxygen atoms in total. The van der Waals surface area contributed by atoms with Crippen molar-refractivity contribution in [3.8, 4) is 0 Å². The van der Waals surface area contributed by atoms with Crippen molar-refractivity contribution >= 4 is 17.7 Å². The number of rotatable bonds is 6. The fraction of sp³-hybridized carbons (Fsp3) is 0.462. The molecule has 0 aliphatic rings. The molecule has 1 amide bonds. The van der Waals surface area contributed by atoms with Gasteiger partial charge in [0.25, 0.3) is 5.91 Å². The molecule has 0 saturated heterocycles. The second kappa shape index (κ2) is 7.30. The number of unbranched alkanes of at least 4 members (excludes halogenated alkanes) is 1. The Kier molecular flexibility index (Phi) is 6.01. The van der Waals surface area contributed by atoms with Crippen LogP contribution in [-0.2, 0) is 6.42 Å². The van der Waals surface area contributed by atoms with E-state index in [1.807, 2.05) is 12.1 Å². The molecular weight excluding hydrogens is 236 g/mol. The Morgan fingerprint density at radius 3 is 2.53 bits per heavy atom. The highest BCUT2D eigenvalue weighted by Gasteiger charge is 2.12. The van der Waals surface area contributed by atoms with Gasteiger partial charge in [-0.2, -0.15) is 0 Å². The van der Waals surface area contributed by atoms with E-state index in [1.54, 1.807) is 12.1 Å². The first kappa shape index (κ1) is 14.0. The normalized spacial score (nSPS) is 10.3. The number of benzene rings is 1. The molecule has 0 saturated carbocycles. The summed E-state index contributed by atoms with van der Waals surface area (Å²) in [5.74, 6) is -0.139. The Morgan fingerprint density at radius 2 is 2.00 bits per heavy atom. The van der Waals surface area contributed by atoms with E-state index in [9.17, 15) is 4.79 Å². The predicted molar refractivity (Wildman–Crippen MR) is 71.0 cm³/mol. The van der Waals surface area contributed by atoms with Crippen LogP contribution in [0.3, 0.4) is 0 Å². The lowest BCUT2D eigenvalue weighted by molar-refractivity contribution is 0.0862. The van der Waals surface area contributed by atoms with E-state index in [-0.39, 0.29) is 5.91 Å². The maximum absolute atomic E-state index is 11.9. The number of nitrogens with zero attached hydrogens (tertiary/aromatic N) is 1. The van der Waals surface area contributed by atoms with E-state index >= 15 is 0 Å². The van der Waals surface area contributed by atoms with Crippen LogP contribution >= 0.6 is 11.8 Å². The number of nitrogens with two attached hydrogens (primary N) is 1. The first-order valence-electron chi connectivity index (χ1n) is 5.95. The molecule has 0 aliphatic heterocycles. The summed E-state index contributed by atoms with van der Waals surface area (Å²) < 4.78 is 1.25. The second-order valence-corrected chi connectivity index (χ2v) is 4.39. The Labute approximate surface area is 108 Å². The summed E-state index contributed by atoms with van der Waals surface area (Å²) in [7, 11) is 0. The van der Waals surface area contributed by atoms with Crippen molar-refractivity contribution in [3.63, 3.8) is 0 Å². The standard InChI is InChI=1S/C13H19ClN2O/c1-2-3-10-16(14)13(17)12-6-4-11(5-7-12)8-9-15/h4-7H,2-3,8-10,15H2,1H3. The highest BCUT2D eigenvalue weighted by molar-refractivity contribution is 6.24. The van der Waals surface area contributed by atoms with E-state index in [4.69, 9.17) is 17.5 Å². The molecular formula is C13H19ClN2O. The molecule has 1 aromatic rings. The highest BCUT2D eigenvalue weighted by Crippen LogP contribution is 2.10. The zero-order valence-corrected chi connectivity index (χ0v) is 10.9. The van der Waals surface area contributed by atoms with Crippen LogP contribution in [0.15, 0.2) is 24.3 Å². The van der Waals surface area contributed by atoms with Crippen LogP contribution in [0.1, 0.15) is 35.7 Å². The van der Waals surface area contributed by atoms with Crippen molar-refractivity contribution < 1.29 is 4.79 Å². The van der Waals surface area contributed by atoms with Gasteiger partial charge in [0.15, 0.2) is 0 Å². The monoisotopic (exact) mass is 254 g/mol. The molecule has 94 valence electrons. The molecule has 0 spiro atoms. The summed E-state index contributed by atoms with van der Waals surface area (Å²) >= 11 is 5.91. The summed E-state index contributed by atoms with van der Waals surface area (Å²) in [5, 5.41) is 0. The smallest absolute Gasteiger partial charge is 0.268 e. The molecule has 0 aliphatic carbocycles. The number of hydrogen-bond donors (Lipinski definition) is 1.